The highest BCUT2D eigenvalue weighted by Gasteiger charge is 2.14. The van der Waals surface area contributed by atoms with E-state index >= 15 is 0 Å². The summed E-state index contributed by atoms with van der Waals surface area (Å²) in [6, 6.07) is 19.0. The number of hydrogen-bond acceptors (Lipinski definition) is 4. The van der Waals surface area contributed by atoms with Crippen molar-refractivity contribution >= 4 is 28.4 Å². The first-order valence-electron chi connectivity index (χ1n) is 8.55. The molecule has 29 heavy (non-hydrogen) atoms. The summed E-state index contributed by atoms with van der Waals surface area (Å²) >= 11 is 0. The molecule has 3 aromatic carbocycles. The highest BCUT2D eigenvalue weighted by atomic mass is 19.3. The molecule has 1 amide bonds. The second kappa shape index (κ2) is 8.85. The summed E-state index contributed by atoms with van der Waals surface area (Å²) in [5.74, 6) is -0.667. The Balaban J connectivity index is 1.88. The van der Waals surface area contributed by atoms with Crippen molar-refractivity contribution in [1.29, 1.82) is 5.26 Å². The van der Waals surface area contributed by atoms with Crippen molar-refractivity contribution in [1.82, 2.24) is 0 Å². The van der Waals surface area contributed by atoms with Crippen molar-refractivity contribution in [3.05, 3.63) is 71.8 Å². The second-order valence-corrected chi connectivity index (χ2v) is 5.94. The summed E-state index contributed by atoms with van der Waals surface area (Å²) in [4.78, 5) is 12.6. The molecule has 0 aliphatic heterocycles. The van der Waals surface area contributed by atoms with Gasteiger partial charge >= 0.3 is 6.61 Å². The van der Waals surface area contributed by atoms with Crippen LogP contribution in [0.15, 0.2) is 66.2 Å². The number of anilines is 1. The van der Waals surface area contributed by atoms with E-state index in [2.05, 4.69) is 10.1 Å². The third-order valence-corrected chi connectivity index (χ3v) is 4.12. The van der Waals surface area contributed by atoms with Crippen LogP contribution >= 0.6 is 0 Å². The molecule has 3 aromatic rings. The van der Waals surface area contributed by atoms with Crippen LogP contribution in [0.5, 0.6) is 11.5 Å². The number of halogens is 2. The first-order valence-corrected chi connectivity index (χ1v) is 8.55. The van der Waals surface area contributed by atoms with Crippen molar-refractivity contribution in [2.75, 3.05) is 12.4 Å². The minimum Gasteiger partial charge on any atom is -0.493 e. The zero-order valence-electron chi connectivity index (χ0n) is 15.4. The standard InChI is InChI=1S/C22H16F2N2O3/c1-28-20-12-14(9-10-19(20)29-22(23)24)11-16(13-25)21(27)26-18-8-4-6-15-5-2-3-7-17(15)18/h2-12,22H,1H3,(H,26,27)/b16-11+. The number of carbonyl (C=O) groups is 1. The Morgan fingerprint density at radius 1 is 1.10 bits per heavy atom. The number of carbonyl (C=O) groups excluding carboxylic acids is 1. The third-order valence-electron chi connectivity index (χ3n) is 4.12. The molecule has 0 unspecified atom stereocenters. The van der Waals surface area contributed by atoms with E-state index in [-0.39, 0.29) is 17.1 Å². The SMILES string of the molecule is COc1cc(/C=C(\C#N)C(=O)Nc2cccc3ccccc23)ccc1OC(F)F. The van der Waals surface area contributed by atoms with Gasteiger partial charge in [-0.3, -0.25) is 4.79 Å². The van der Waals surface area contributed by atoms with Gasteiger partial charge in [-0.25, -0.2) is 0 Å². The van der Waals surface area contributed by atoms with Crippen molar-refractivity contribution in [3.8, 4) is 17.6 Å². The van der Waals surface area contributed by atoms with Crippen LogP contribution in [0.4, 0.5) is 14.5 Å². The zero-order chi connectivity index (χ0) is 20.8. The molecule has 3 rings (SSSR count). The first-order chi connectivity index (χ1) is 14.0. The number of alkyl halides is 2. The molecule has 0 saturated carbocycles. The van der Waals surface area contributed by atoms with E-state index in [9.17, 15) is 18.8 Å². The van der Waals surface area contributed by atoms with Crippen LogP contribution in [0, 0.1) is 11.3 Å². The third kappa shape index (κ3) is 4.68. The van der Waals surface area contributed by atoms with Crippen LogP contribution in [0.1, 0.15) is 5.56 Å². The smallest absolute Gasteiger partial charge is 0.387 e. The van der Waals surface area contributed by atoms with E-state index in [0.29, 0.717) is 11.3 Å². The Morgan fingerprint density at radius 2 is 1.86 bits per heavy atom. The van der Waals surface area contributed by atoms with Gasteiger partial charge in [-0.2, -0.15) is 14.0 Å². The molecular weight excluding hydrogens is 378 g/mol. The van der Waals surface area contributed by atoms with E-state index in [1.54, 1.807) is 12.1 Å². The van der Waals surface area contributed by atoms with Crippen molar-refractivity contribution in [2.24, 2.45) is 0 Å². The Morgan fingerprint density at radius 3 is 2.59 bits per heavy atom. The van der Waals surface area contributed by atoms with Gasteiger partial charge in [0, 0.05) is 11.1 Å². The van der Waals surface area contributed by atoms with Crippen LogP contribution in [0.2, 0.25) is 0 Å². The zero-order valence-corrected chi connectivity index (χ0v) is 15.4. The van der Waals surface area contributed by atoms with Gasteiger partial charge in [0.2, 0.25) is 0 Å². The van der Waals surface area contributed by atoms with Gasteiger partial charge in [0.05, 0.1) is 7.11 Å². The molecule has 0 spiro atoms. The summed E-state index contributed by atoms with van der Waals surface area (Å²) in [6.07, 6.45) is 1.34. The largest absolute Gasteiger partial charge is 0.493 e. The first kappa shape index (κ1) is 19.8. The maximum absolute atomic E-state index is 12.6. The summed E-state index contributed by atoms with van der Waals surface area (Å²) in [6.45, 7) is -2.99. The average molecular weight is 394 g/mol. The van der Waals surface area contributed by atoms with Gasteiger partial charge in [0.1, 0.15) is 11.6 Å². The van der Waals surface area contributed by atoms with E-state index in [0.717, 1.165) is 10.8 Å². The molecule has 0 bridgehead atoms. The Labute approximate surface area is 165 Å². The minimum atomic E-state index is -2.99. The van der Waals surface area contributed by atoms with Crippen LogP contribution in [-0.4, -0.2) is 19.6 Å². The quantitative estimate of drug-likeness (QED) is 0.472. The second-order valence-electron chi connectivity index (χ2n) is 5.94. The Kier molecular flexibility index (Phi) is 6.05. The number of methoxy groups -OCH3 is 1. The van der Waals surface area contributed by atoms with Gasteiger partial charge in [-0.15, -0.1) is 0 Å². The van der Waals surface area contributed by atoms with Gasteiger partial charge in [-0.05, 0) is 35.2 Å². The lowest BCUT2D eigenvalue weighted by Crippen LogP contribution is -2.13. The molecule has 0 aliphatic carbocycles. The molecule has 146 valence electrons. The molecule has 0 saturated heterocycles. The fourth-order valence-corrected chi connectivity index (χ4v) is 2.81. The van der Waals surface area contributed by atoms with Crippen molar-refractivity contribution in [2.45, 2.75) is 6.61 Å². The summed E-state index contributed by atoms with van der Waals surface area (Å²) in [7, 11) is 1.31. The maximum Gasteiger partial charge on any atom is 0.387 e. The summed E-state index contributed by atoms with van der Waals surface area (Å²) in [5.41, 5.74) is 0.850. The highest BCUT2D eigenvalue weighted by molar-refractivity contribution is 6.12. The number of benzene rings is 3. The normalized spacial score (nSPS) is 11.2. The fraction of sp³-hybridized carbons (Fsp3) is 0.0909. The fourth-order valence-electron chi connectivity index (χ4n) is 2.81. The van der Waals surface area contributed by atoms with Gasteiger partial charge < -0.3 is 14.8 Å². The minimum absolute atomic E-state index is 0.0609. The molecule has 0 fully saturated rings. The van der Waals surface area contributed by atoms with Crippen molar-refractivity contribution < 1.29 is 23.0 Å². The summed E-state index contributed by atoms with van der Waals surface area (Å²) < 4.78 is 34.3. The highest BCUT2D eigenvalue weighted by Crippen LogP contribution is 2.30. The average Bonchev–Trinajstić information content (AvgIpc) is 2.72. The van der Waals surface area contributed by atoms with E-state index in [1.807, 2.05) is 36.4 Å². The number of rotatable bonds is 6. The lowest BCUT2D eigenvalue weighted by atomic mass is 10.1. The van der Waals surface area contributed by atoms with Gasteiger partial charge in [0.15, 0.2) is 11.5 Å². The summed E-state index contributed by atoms with van der Waals surface area (Å²) in [5, 5.41) is 13.9. The number of nitriles is 1. The van der Waals surface area contributed by atoms with Crippen LogP contribution in [0.3, 0.4) is 0 Å². The van der Waals surface area contributed by atoms with E-state index in [4.69, 9.17) is 4.74 Å². The van der Waals surface area contributed by atoms with E-state index in [1.165, 1.54) is 31.4 Å². The molecule has 7 heteroatoms. The molecule has 0 radical (unpaired) electrons. The van der Waals surface area contributed by atoms with Gasteiger partial charge in [-0.1, -0.05) is 42.5 Å². The maximum atomic E-state index is 12.6. The van der Waals surface area contributed by atoms with Crippen LogP contribution < -0.4 is 14.8 Å². The molecule has 0 atom stereocenters. The number of fused-ring (bicyclic) bond motifs is 1. The number of nitrogens with zero attached hydrogens (tertiary/aromatic N) is 1. The predicted molar refractivity (Wildman–Crippen MR) is 106 cm³/mol. The van der Waals surface area contributed by atoms with Crippen LogP contribution in [0.25, 0.3) is 16.8 Å². The lowest BCUT2D eigenvalue weighted by molar-refractivity contribution is -0.112. The molecule has 0 heterocycles. The topological polar surface area (TPSA) is 71.3 Å². The Hall–Kier alpha value is -3.92. The lowest BCUT2D eigenvalue weighted by Gasteiger charge is -2.11. The molecule has 0 aromatic heterocycles. The number of hydrogen-bond donors (Lipinski definition) is 1. The number of amides is 1. The van der Waals surface area contributed by atoms with Crippen LogP contribution in [-0.2, 0) is 4.79 Å². The molecule has 1 N–H and O–H groups in total. The van der Waals surface area contributed by atoms with Gasteiger partial charge in [0.25, 0.3) is 5.91 Å². The molecular formula is C22H16F2N2O3. The number of ether oxygens (including phenoxy) is 2. The van der Waals surface area contributed by atoms with Crippen molar-refractivity contribution in [3.63, 3.8) is 0 Å². The number of nitrogens with one attached hydrogen (secondary N) is 1. The monoisotopic (exact) mass is 394 g/mol. The molecule has 5 nitrogen and oxygen atoms in total. The Bertz CT molecular complexity index is 1120. The van der Waals surface area contributed by atoms with E-state index < -0.39 is 12.5 Å². The predicted octanol–water partition coefficient (Wildman–Crippen LogP) is 5.00. The molecule has 0 aliphatic rings.